The predicted octanol–water partition coefficient (Wildman–Crippen LogP) is 5.11. The van der Waals surface area contributed by atoms with Crippen LogP contribution in [0.4, 0.5) is 11.4 Å². The molecule has 0 radical (unpaired) electrons. The number of carbonyl (C=O) groups is 2. The minimum atomic E-state index is -0.433. The molecule has 136 valence electrons. The highest BCUT2D eigenvalue weighted by Crippen LogP contribution is 2.36. The molecule has 26 heavy (non-hydrogen) atoms. The molecule has 1 unspecified atom stereocenters. The number of rotatable bonds is 4. The van der Waals surface area contributed by atoms with Crippen molar-refractivity contribution in [2.45, 2.75) is 26.2 Å². The summed E-state index contributed by atoms with van der Waals surface area (Å²) >= 11 is 12.3. The Hall–Kier alpha value is -2.04. The zero-order chi connectivity index (χ0) is 18.8. The van der Waals surface area contributed by atoms with E-state index in [9.17, 15) is 9.59 Å². The summed E-state index contributed by atoms with van der Waals surface area (Å²) in [7, 11) is 0. The first kappa shape index (κ1) is 18.7. The lowest BCUT2D eigenvalue weighted by molar-refractivity contribution is -0.122. The lowest BCUT2D eigenvalue weighted by Crippen LogP contribution is -2.28. The molecule has 0 saturated carbocycles. The maximum absolute atomic E-state index is 12.7. The second-order valence-electron chi connectivity index (χ2n) is 6.71. The Labute approximate surface area is 163 Å². The van der Waals surface area contributed by atoms with E-state index in [0.29, 0.717) is 21.7 Å². The van der Waals surface area contributed by atoms with Crippen molar-refractivity contribution < 1.29 is 9.59 Å². The molecule has 1 atom stereocenters. The highest BCUT2D eigenvalue weighted by molar-refractivity contribution is 6.44. The number of nitrogens with one attached hydrogen (secondary N) is 1. The molecule has 1 aliphatic heterocycles. The molecule has 4 nitrogen and oxygen atoms in total. The lowest BCUT2D eigenvalue weighted by Gasteiger charge is -2.19. The molecule has 1 saturated heterocycles. The number of anilines is 2. The van der Waals surface area contributed by atoms with Crippen LogP contribution in [0.2, 0.25) is 10.0 Å². The highest BCUT2D eigenvalue weighted by atomic mass is 35.5. The largest absolute Gasteiger partial charge is 0.326 e. The van der Waals surface area contributed by atoms with Crippen LogP contribution in [0.1, 0.15) is 31.7 Å². The van der Waals surface area contributed by atoms with Crippen LogP contribution in [-0.2, 0) is 9.59 Å². The Kier molecular flexibility index (Phi) is 5.54. The van der Waals surface area contributed by atoms with Gasteiger partial charge in [-0.15, -0.1) is 0 Å². The topological polar surface area (TPSA) is 49.4 Å². The van der Waals surface area contributed by atoms with Crippen LogP contribution in [-0.4, -0.2) is 18.4 Å². The molecule has 1 fully saturated rings. The van der Waals surface area contributed by atoms with Crippen LogP contribution >= 0.6 is 23.2 Å². The molecule has 1 heterocycles. The van der Waals surface area contributed by atoms with Crippen molar-refractivity contribution in [1.29, 1.82) is 0 Å². The van der Waals surface area contributed by atoms with Crippen molar-refractivity contribution >= 4 is 46.4 Å². The first-order valence-electron chi connectivity index (χ1n) is 8.52. The van der Waals surface area contributed by atoms with E-state index >= 15 is 0 Å². The molecule has 0 bridgehead atoms. The van der Waals surface area contributed by atoms with E-state index in [4.69, 9.17) is 23.2 Å². The quantitative estimate of drug-likeness (QED) is 0.788. The third-order valence-corrected chi connectivity index (χ3v) is 5.37. The van der Waals surface area contributed by atoms with E-state index in [2.05, 4.69) is 19.2 Å². The molecule has 6 heteroatoms. The van der Waals surface area contributed by atoms with Crippen molar-refractivity contribution in [1.82, 2.24) is 0 Å². The average molecular weight is 391 g/mol. The summed E-state index contributed by atoms with van der Waals surface area (Å²) in [5.74, 6) is -0.435. The summed E-state index contributed by atoms with van der Waals surface area (Å²) in [6.07, 6.45) is 0.151. The molecule has 0 spiro atoms. The van der Waals surface area contributed by atoms with Gasteiger partial charge >= 0.3 is 0 Å². The minimum Gasteiger partial charge on any atom is -0.326 e. The van der Waals surface area contributed by atoms with Gasteiger partial charge < -0.3 is 10.2 Å². The van der Waals surface area contributed by atoms with Gasteiger partial charge in [-0.2, -0.15) is 0 Å². The van der Waals surface area contributed by atoms with Gasteiger partial charge in [0.1, 0.15) is 0 Å². The zero-order valence-electron chi connectivity index (χ0n) is 14.6. The van der Waals surface area contributed by atoms with E-state index in [1.807, 2.05) is 24.3 Å². The van der Waals surface area contributed by atoms with Gasteiger partial charge in [0.15, 0.2) is 0 Å². The Morgan fingerprint density at radius 1 is 1.15 bits per heavy atom. The van der Waals surface area contributed by atoms with Gasteiger partial charge in [-0.1, -0.05) is 61.3 Å². The number of benzene rings is 2. The zero-order valence-corrected chi connectivity index (χ0v) is 16.1. The molecule has 1 N–H and O–H groups in total. The van der Waals surface area contributed by atoms with Crippen molar-refractivity contribution in [2.24, 2.45) is 5.92 Å². The van der Waals surface area contributed by atoms with Gasteiger partial charge in [0.2, 0.25) is 11.8 Å². The number of para-hydroxylation sites is 1. The van der Waals surface area contributed by atoms with E-state index in [0.717, 1.165) is 11.3 Å². The third-order valence-electron chi connectivity index (χ3n) is 4.56. The second-order valence-corrected chi connectivity index (χ2v) is 7.49. The highest BCUT2D eigenvalue weighted by Gasteiger charge is 2.36. The standard InChI is InChI=1S/C20H20Cl2N2O2/c1-12(2)14-6-3-4-8-16(14)23-20(26)13-10-18(25)24(11-13)17-9-5-7-15(21)19(17)22/h3-9,12-13H,10-11H2,1-2H3,(H,23,26). The van der Waals surface area contributed by atoms with Gasteiger partial charge in [0, 0.05) is 18.7 Å². The molecule has 2 amide bonds. The number of amides is 2. The number of hydrogen-bond donors (Lipinski definition) is 1. The van der Waals surface area contributed by atoms with E-state index in [1.54, 1.807) is 18.2 Å². The molecule has 0 aromatic heterocycles. The molecule has 2 aromatic rings. The first-order valence-corrected chi connectivity index (χ1v) is 9.28. The van der Waals surface area contributed by atoms with Crippen molar-refractivity contribution in [2.75, 3.05) is 16.8 Å². The first-order chi connectivity index (χ1) is 12.4. The molecule has 3 rings (SSSR count). The summed E-state index contributed by atoms with van der Waals surface area (Å²) < 4.78 is 0. The predicted molar refractivity (Wildman–Crippen MR) is 106 cm³/mol. The van der Waals surface area contributed by atoms with Gasteiger partial charge in [-0.05, 0) is 29.7 Å². The lowest BCUT2D eigenvalue weighted by atomic mass is 10.0. The summed E-state index contributed by atoms with van der Waals surface area (Å²) in [5, 5.41) is 3.69. The monoisotopic (exact) mass is 390 g/mol. The fraction of sp³-hybridized carbons (Fsp3) is 0.300. The maximum atomic E-state index is 12.7. The van der Waals surface area contributed by atoms with Crippen LogP contribution in [0.25, 0.3) is 0 Å². The van der Waals surface area contributed by atoms with Crippen molar-refractivity contribution in [3.8, 4) is 0 Å². The Morgan fingerprint density at radius 3 is 2.62 bits per heavy atom. The number of halogens is 2. The van der Waals surface area contributed by atoms with Crippen LogP contribution < -0.4 is 10.2 Å². The van der Waals surface area contributed by atoms with E-state index < -0.39 is 5.92 Å². The molecular weight excluding hydrogens is 371 g/mol. The summed E-state index contributed by atoms with van der Waals surface area (Å²) in [6.45, 7) is 4.44. The fourth-order valence-electron chi connectivity index (χ4n) is 3.17. The Morgan fingerprint density at radius 2 is 1.88 bits per heavy atom. The smallest absolute Gasteiger partial charge is 0.229 e. The summed E-state index contributed by atoms with van der Waals surface area (Å²) in [4.78, 5) is 26.7. The van der Waals surface area contributed by atoms with Gasteiger partial charge in [-0.25, -0.2) is 0 Å². The molecule has 2 aromatic carbocycles. The normalized spacial score (nSPS) is 17.0. The van der Waals surface area contributed by atoms with Crippen molar-refractivity contribution in [3.63, 3.8) is 0 Å². The van der Waals surface area contributed by atoms with Gasteiger partial charge in [-0.3, -0.25) is 9.59 Å². The number of nitrogens with zero attached hydrogens (tertiary/aromatic N) is 1. The van der Waals surface area contributed by atoms with Gasteiger partial charge in [0.05, 0.1) is 21.7 Å². The minimum absolute atomic E-state index is 0.133. The average Bonchev–Trinajstić information content (AvgIpc) is 2.99. The number of carbonyl (C=O) groups excluding carboxylic acids is 2. The van der Waals surface area contributed by atoms with Gasteiger partial charge in [0.25, 0.3) is 0 Å². The Balaban J connectivity index is 1.77. The fourth-order valence-corrected chi connectivity index (χ4v) is 3.56. The third kappa shape index (κ3) is 3.71. The van der Waals surface area contributed by atoms with E-state index in [-0.39, 0.29) is 24.8 Å². The number of hydrogen-bond acceptors (Lipinski definition) is 2. The second kappa shape index (κ2) is 7.68. The van der Waals surface area contributed by atoms with E-state index in [1.165, 1.54) is 4.90 Å². The Bertz CT molecular complexity index is 851. The summed E-state index contributed by atoms with van der Waals surface area (Å²) in [6, 6.07) is 12.9. The summed E-state index contributed by atoms with van der Waals surface area (Å²) in [5.41, 5.74) is 2.40. The SMILES string of the molecule is CC(C)c1ccccc1NC(=O)C1CC(=O)N(c2cccc(Cl)c2Cl)C1. The maximum Gasteiger partial charge on any atom is 0.229 e. The molecular formula is C20H20Cl2N2O2. The van der Waals surface area contributed by atoms with Crippen LogP contribution in [0, 0.1) is 5.92 Å². The molecule has 0 aliphatic carbocycles. The van der Waals surface area contributed by atoms with Crippen LogP contribution in [0.3, 0.4) is 0 Å². The van der Waals surface area contributed by atoms with Crippen LogP contribution in [0.15, 0.2) is 42.5 Å². The molecule has 1 aliphatic rings. The van der Waals surface area contributed by atoms with Crippen LogP contribution in [0.5, 0.6) is 0 Å². The van der Waals surface area contributed by atoms with Crippen molar-refractivity contribution in [3.05, 3.63) is 58.1 Å².